The number of nitrogens with one attached hydrogen (secondary N) is 1. The van der Waals surface area contributed by atoms with Gasteiger partial charge in [0.15, 0.2) is 0 Å². The van der Waals surface area contributed by atoms with Gasteiger partial charge in [-0.05, 0) is 36.6 Å². The molecule has 1 fully saturated rings. The fourth-order valence-electron chi connectivity index (χ4n) is 3.24. The standard InChI is InChI=1S/C19H20ClN5OS/c20-16-8-2-1-6-14(16)12-21-17(26)15-7-5-11-25(13-15)19-23-22-18(27-19)24-9-3-4-10-24/h1-4,6,8-10,15H,5,7,11-13H2,(H,21,26)/t15-/m1/s1. The first-order valence-electron chi connectivity index (χ1n) is 8.93. The van der Waals surface area contributed by atoms with Crippen molar-refractivity contribution in [1.82, 2.24) is 20.1 Å². The number of piperidine rings is 1. The van der Waals surface area contributed by atoms with Gasteiger partial charge in [-0.2, -0.15) is 0 Å². The molecule has 0 saturated carbocycles. The first kappa shape index (κ1) is 18.0. The zero-order valence-corrected chi connectivity index (χ0v) is 16.3. The lowest BCUT2D eigenvalue weighted by atomic mass is 9.97. The molecule has 140 valence electrons. The molecule has 3 heterocycles. The molecule has 4 rings (SSSR count). The third-order valence-corrected chi connectivity index (χ3v) is 6.07. The van der Waals surface area contributed by atoms with Crippen LogP contribution in [0.25, 0.3) is 5.13 Å². The molecule has 1 aromatic carbocycles. The quantitative estimate of drug-likeness (QED) is 0.710. The minimum absolute atomic E-state index is 0.0554. The molecule has 1 aliphatic rings. The Labute approximate surface area is 166 Å². The van der Waals surface area contributed by atoms with Crippen molar-refractivity contribution < 1.29 is 4.79 Å². The lowest BCUT2D eigenvalue weighted by molar-refractivity contribution is -0.125. The molecular formula is C19H20ClN5OS. The van der Waals surface area contributed by atoms with Crippen LogP contribution in [-0.4, -0.2) is 33.8 Å². The summed E-state index contributed by atoms with van der Waals surface area (Å²) < 4.78 is 1.94. The first-order valence-corrected chi connectivity index (χ1v) is 10.1. The number of halogens is 1. The highest BCUT2D eigenvalue weighted by Gasteiger charge is 2.27. The van der Waals surface area contributed by atoms with E-state index < -0.39 is 0 Å². The molecule has 0 radical (unpaired) electrons. The smallest absolute Gasteiger partial charge is 0.225 e. The number of anilines is 1. The van der Waals surface area contributed by atoms with E-state index in [1.54, 1.807) is 11.3 Å². The average Bonchev–Trinajstić information content (AvgIpc) is 3.39. The highest BCUT2D eigenvalue weighted by atomic mass is 35.5. The molecule has 1 aliphatic heterocycles. The maximum Gasteiger partial charge on any atom is 0.225 e. The molecule has 0 spiro atoms. The molecule has 1 amide bonds. The van der Waals surface area contributed by atoms with Crippen LogP contribution in [0.1, 0.15) is 18.4 Å². The fourth-order valence-corrected chi connectivity index (χ4v) is 4.29. The van der Waals surface area contributed by atoms with Crippen molar-refractivity contribution in [3.05, 3.63) is 59.4 Å². The van der Waals surface area contributed by atoms with Crippen LogP contribution in [0.3, 0.4) is 0 Å². The van der Waals surface area contributed by atoms with Crippen LogP contribution < -0.4 is 10.2 Å². The number of carbonyl (C=O) groups is 1. The van der Waals surface area contributed by atoms with E-state index in [9.17, 15) is 4.79 Å². The number of amides is 1. The van der Waals surface area contributed by atoms with E-state index in [1.807, 2.05) is 53.4 Å². The largest absolute Gasteiger partial charge is 0.352 e. The van der Waals surface area contributed by atoms with Gasteiger partial charge in [0.2, 0.25) is 16.2 Å². The summed E-state index contributed by atoms with van der Waals surface area (Å²) in [6.45, 7) is 2.01. The molecule has 1 atom stereocenters. The Morgan fingerprint density at radius 2 is 1.96 bits per heavy atom. The molecule has 8 heteroatoms. The first-order chi connectivity index (χ1) is 13.2. The van der Waals surface area contributed by atoms with Crippen LogP contribution in [0.4, 0.5) is 5.13 Å². The lowest BCUT2D eigenvalue weighted by Crippen LogP contribution is -2.43. The van der Waals surface area contributed by atoms with Crippen molar-refractivity contribution >= 4 is 34.0 Å². The Morgan fingerprint density at radius 3 is 2.78 bits per heavy atom. The topological polar surface area (TPSA) is 63.1 Å². The van der Waals surface area contributed by atoms with E-state index in [4.69, 9.17) is 11.6 Å². The summed E-state index contributed by atoms with van der Waals surface area (Å²) in [5, 5.41) is 14.0. The Morgan fingerprint density at radius 1 is 1.19 bits per heavy atom. The van der Waals surface area contributed by atoms with Crippen LogP contribution in [0.15, 0.2) is 48.8 Å². The predicted molar refractivity (Wildman–Crippen MR) is 107 cm³/mol. The SMILES string of the molecule is O=C(NCc1ccccc1Cl)[C@@H]1CCCN(c2nnc(-n3cccc3)s2)C1. The van der Waals surface area contributed by atoms with Gasteiger partial charge < -0.3 is 10.2 Å². The molecule has 0 aliphatic carbocycles. The van der Waals surface area contributed by atoms with Crippen molar-refractivity contribution in [2.75, 3.05) is 18.0 Å². The lowest BCUT2D eigenvalue weighted by Gasteiger charge is -2.31. The minimum atomic E-state index is -0.0554. The molecule has 1 N–H and O–H groups in total. The summed E-state index contributed by atoms with van der Waals surface area (Å²) in [5.74, 6) is 0.00920. The molecule has 2 aromatic heterocycles. The monoisotopic (exact) mass is 401 g/mol. The summed E-state index contributed by atoms with van der Waals surface area (Å²) >= 11 is 7.71. The van der Waals surface area contributed by atoms with Crippen molar-refractivity contribution in [3.8, 4) is 5.13 Å². The predicted octanol–water partition coefficient (Wildman–Crippen LogP) is 3.52. The van der Waals surface area contributed by atoms with Crippen molar-refractivity contribution in [2.45, 2.75) is 19.4 Å². The number of carbonyl (C=O) groups excluding carboxylic acids is 1. The molecule has 27 heavy (non-hydrogen) atoms. The van der Waals surface area contributed by atoms with E-state index >= 15 is 0 Å². The van der Waals surface area contributed by atoms with Gasteiger partial charge in [0.1, 0.15) is 0 Å². The van der Waals surface area contributed by atoms with Crippen molar-refractivity contribution in [1.29, 1.82) is 0 Å². The van der Waals surface area contributed by atoms with E-state index in [-0.39, 0.29) is 11.8 Å². The second-order valence-electron chi connectivity index (χ2n) is 6.55. The Bertz CT molecular complexity index is 910. The van der Waals surface area contributed by atoms with Gasteiger partial charge in [0, 0.05) is 37.1 Å². The average molecular weight is 402 g/mol. The Hall–Kier alpha value is -2.38. The zero-order valence-electron chi connectivity index (χ0n) is 14.7. The summed E-state index contributed by atoms with van der Waals surface area (Å²) in [7, 11) is 0. The van der Waals surface area contributed by atoms with Crippen LogP contribution >= 0.6 is 22.9 Å². The number of hydrogen-bond donors (Lipinski definition) is 1. The Kier molecular flexibility index (Phi) is 5.40. The van der Waals surface area contributed by atoms with Crippen LogP contribution in [0.2, 0.25) is 5.02 Å². The van der Waals surface area contributed by atoms with Crippen molar-refractivity contribution in [2.24, 2.45) is 5.92 Å². The van der Waals surface area contributed by atoms with Gasteiger partial charge in [0.25, 0.3) is 0 Å². The summed E-state index contributed by atoms with van der Waals surface area (Å²) in [5.41, 5.74) is 0.931. The van der Waals surface area contributed by atoms with Gasteiger partial charge in [-0.25, -0.2) is 0 Å². The van der Waals surface area contributed by atoms with Crippen molar-refractivity contribution in [3.63, 3.8) is 0 Å². The number of benzene rings is 1. The van der Waals surface area contributed by atoms with Gasteiger partial charge >= 0.3 is 0 Å². The van der Waals surface area contributed by atoms with Crippen LogP contribution in [0.5, 0.6) is 0 Å². The molecule has 0 bridgehead atoms. The molecule has 3 aromatic rings. The number of nitrogens with zero attached hydrogens (tertiary/aromatic N) is 4. The number of rotatable bonds is 5. The van der Waals surface area contributed by atoms with Gasteiger partial charge in [-0.1, -0.05) is 41.1 Å². The maximum atomic E-state index is 12.6. The second-order valence-corrected chi connectivity index (χ2v) is 7.89. The van der Waals surface area contributed by atoms with Crippen LogP contribution in [-0.2, 0) is 11.3 Å². The van der Waals surface area contributed by atoms with E-state index in [1.165, 1.54) is 0 Å². The van der Waals surface area contributed by atoms with Gasteiger partial charge in [-0.15, -0.1) is 10.2 Å². The van der Waals surface area contributed by atoms with E-state index in [2.05, 4.69) is 20.4 Å². The molecular weight excluding hydrogens is 382 g/mol. The minimum Gasteiger partial charge on any atom is -0.352 e. The summed E-state index contributed by atoms with van der Waals surface area (Å²) in [6, 6.07) is 11.5. The van der Waals surface area contributed by atoms with Gasteiger partial charge in [0.05, 0.1) is 5.92 Å². The molecule has 6 nitrogen and oxygen atoms in total. The molecule has 0 unspecified atom stereocenters. The highest BCUT2D eigenvalue weighted by molar-refractivity contribution is 7.17. The van der Waals surface area contributed by atoms with E-state index in [0.29, 0.717) is 18.1 Å². The third kappa shape index (κ3) is 4.14. The summed E-state index contributed by atoms with van der Waals surface area (Å²) in [4.78, 5) is 14.8. The normalized spacial score (nSPS) is 17.1. The maximum absolute atomic E-state index is 12.6. The number of hydrogen-bond acceptors (Lipinski definition) is 5. The summed E-state index contributed by atoms with van der Waals surface area (Å²) in [6.07, 6.45) is 5.74. The second kappa shape index (κ2) is 8.10. The van der Waals surface area contributed by atoms with E-state index in [0.717, 1.165) is 35.2 Å². The zero-order chi connectivity index (χ0) is 18.6. The third-order valence-electron chi connectivity index (χ3n) is 4.70. The number of aromatic nitrogens is 3. The van der Waals surface area contributed by atoms with Gasteiger partial charge in [-0.3, -0.25) is 9.36 Å². The Balaban J connectivity index is 1.38. The van der Waals surface area contributed by atoms with Crippen LogP contribution in [0, 0.1) is 5.92 Å². The highest BCUT2D eigenvalue weighted by Crippen LogP contribution is 2.28. The molecule has 1 saturated heterocycles. The fraction of sp³-hybridized carbons (Fsp3) is 0.316.